The molecule has 0 aliphatic heterocycles. The highest BCUT2D eigenvalue weighted by molar-refractivity contribution is 9.10. The Morgan fingerprint density at radius 3 is 2.74 bits per heavy atom. The van der Waals surface area contributed by atoms with Crippen LogP contribution in [0.4, 0.5) is 5.69 Å². The zero-order chi connectivity index (χ0) is 13.2. The lowest BCUT2D eigenvalue weighted by Crippen LogP contribution is -2.03. The molecule has 2 aromatic rings. The van der Waals surface area contributed by atoms with Crippen molar-refractivity contribution in [3.63, 3.8) is 0 Å². The third-order valence-electron chi connectivity index (χ3n) is 3.66. The van der Waals surface area contributed by atoms with Crippen molar-refractivity contribution in [2.75, 3.05) is 5.32 Å². The van der Waals surface area contributed by atoms with Crippen molar-refractivity contribution < 1.29 is 0 Å². The van der Waals surface area contributed by atoms with Gasteiger partial charge in [0.05, 0.1) is 0 Å². The molecule has 2 aromatic carbocycles. The van der Waals surface area contributed by atoms with Crippen LogP contribution in [0, 0.1) is 6.92 Å². The lowest BCUT2D eigenvalue weighted by atomic mass is 10.0. The number of benzene rings is 2. The Hall–Kier alpha value is -1.28. The normalized spacial score (nSPS) is 14.4. The Labute approximate surface area is 123 Å². The molecule has 1 aliphatic carbocycles. The number of anilines is 1. The van der Waals surface area contributed by atoms with Crippen LogP contribution in [0.5, 0.6) is 0 Å². The maximum atomic E-state index is 3.60. The van der Waals surface area contributed by atoms with Crippen LogP contribution in [0.3, 0.4) is 0 Å². The van der Waals surface area contributed by atoms with Crippen LogP contribution in [-0.4, -0.2) is 0 Å². The number of hydrogen-bond donors (Lipinski definition) is 1. The molecule has 0 spiro atoms. The van der Waals surface area contributed by atoms with Crippen molar-refractivity contribution in [2.24, 2.45) is 0 Å². The summed E-state index contributed by atoms with van der Waals surface area (Å²) in [7, 11) is 0. The van der Waals surface area contributed by atoms with E-state index in [-0.39, 0.29) is 0 Å². The highest BCUT2D eigenvalue weighted by Gasteiger charge is 2.25. The third kappa shape index (κ3) is 3.01. The molecular formula is C17H18BrN. The minimum atomic E-state index is 0.805. The summed E-state index contributed by atoms with van der Waals surface area (Å²) in [4.78, 5) is 0. The van der Waals surface area contributed by atoms with Crippen LogP contribution in [-0.2, 0) is 6.54 Å². The van der Waals surface area contributed by atoms with Gasteiger partial charge < -0.3 is 5.32 Å². The Balaban J connectivity index is 1.77. The quantitative estimate of drug-likeness (QED) is 0.812. The summed E-state index contributed by atoms with van der Waals surface area (Å²) in [5.74, 6) is 0.805. The summed E-state index contributed by atoms with van der Waals surface area (Å²) in [6, 6.07) is 15.2. The highest BCUT2D eigenvalue weighted by atomic mass is 79.9. The molecule has 0 unspecified atom stereocenters. The van der Waals surface area contributed by atoms with Crippen molar-refractivity contribution in [2.45, 2.75) is 32.2 Å². The average Bonchev–Trinajstić information content (AvgIpc) is 3.25. The van der Waals surface area contributed by atoms with Gasteiger partial charge in [0.15, 0.2) is 0 Å². The van der Waals surface area contributed by atoms with Gasteiger partial charge in [0.2, 0.25) is 0 Å². The SMILES string of the molecule is Cc1ccc(Br)c(NCc2ccccc2C2CC2)c1. The Bertz CT molecular complexity index is 588. The lowest BCUT2D eigenvalue weighted by molar-refractivity contribution is 1.03. The molecule has 2 heteroatoms. The van der Waals surface area contributed by atoms with E-state index in [2.05, 4.69) is 70.6 Å². The Morgan fingerprint density at radius 1 is 1.16 bits per heavy atom. The molecule has 1 N–H and O–H groups in total. The van der Waals surface area contributed by atoms with E-state index in [1.165, 1.54) is 35.2 Å². The van der Waals surface area contributed by atoms with E-state index in [1.807, 2.05) is 0 Å². The molecule has 98 valence electrons. The van der Waals surface area contributed by atoms with Gasteiger partial charge in [0, 0.05) is 16.7 Å². The lowest BCUT2D eigenvalue weighted by Gasteiger charge is -2.12. The van der Waals surface area contributed by atoms with Gasteiger partial charge in [-0.1, -0.05) is 30.3 Å². The Morgan fingerprint density at radius 2 is 1.95 bits per heavy atom. The molecule has 0 heterocycles. The van der Waals surface area contributed by atoms with Gasteiger partial charge in [-0.15, -0.1) is 0 Å². The van der Waals surface area contributed by atoms with E-state index in [1.54, 1.807) is 0 Å². The fourth-order valence-corrected chi connectivity index (χ4v) is 2.84. The van der Waals surface area contributed by atoms with E-state index < -0.39 is 0 Å². The number of hydrogen-bond acceptors (Lipinski definition) is 1. The number of aryl methyl sites for hydroxylation is 1. The first-order chi connectivity index (χ1) is 9.24. The predicted molar refractivity (Wildman–Crippen MR) is 84.6 cm³/mol. The summed E-state index contributed by atoms with van der Waals surface area (Å²) >= 11 is 3.60. The maximum Gasteiger partial charge on any atom is 0.0489 e. The topological polar surface area (TPSA) is 12.0 Å². The second kappa shape index (κ2) is 5.38. The number of halogens is 1. The fourth-order valence-electron chi connectivity index (χ4n) is 2.45. The van der Waals surface area contributed by atoms with Crippen LogP contribution in [0.15, 0.2) is 46.9 Å². The second-order valence-corrected chi connectivity index (χ2v) is 6.16. The summed E-state index contributed by atoms with van der Waals surface area (Å²) in [6.07, 6.45) is 2.70. The van der Waals surface area contributed by atoms with Gasteiger partial charge in [0.25, 0.3) is 0 Å². The van der Waals surface area contributed by atoms with Gasteiger partial charge in [-0.05, 0) is 70.4 Å². The second-order valence-electron chi connectivity index (χ2n) is 5.31. The molecule has 3 rings (SSSR count). The predicted octanol–water partition coefficient (Wildman–Crippen LogP) is 5.25. The molecule has 0 bridgehead atoms. The standard InChI is InChI=1S/C17H18BrN/c1-12-6-9-16(18)17(10-12)19-11-14-4-2-3-5-15(14)13-7-8-13/h2-6,9-10,13,19H,7-8,11H2,1H3. The molecule has 0 radical (unpaired) electrons. The number of nitrogens with one attached hydrogen (secondary N) is 1. The van der Waals surface area contributed by atoms with Crippen LogP contribution < -0.4 is 5.32 Å². The van der Waals surface area contributed by atoms with E-state index in [0.29, 0.717) is 0 Å². The molecule has 1 saturated carbocycles. The zero-order valence-corrected chi connectivity index (χ0v) is 12.7. The van der Waals surface area contributed by atoms with E-state index >= 15 is 0 Å². The van der Waals surface area contributed by atoms with Crippen molar-refractivity contribution in [1.82, 2.24) is 0 Å². The molecule has 1 aliphatic rings. The molecule has 1 fully saturated rings. The van der Waals surface area contributed by atoms with E-state index in [9.17, 15) is 0 Å². The minimum Gasteiger partial charge on any atom is -0.380 e. The van der Waals surface area contributed by atoms with Gasteiger partial charge in [-0.2, -0.15) is 0 Å². The van der Waals surface area contributed by atoms with Crippen molar-refractivity contribution >= 4 is 21.6 Å². The van der Waals surface area contributed by atoms with Gasteiger partial charge in [-0.25, -0.2) is 0 Å². The van der Waals surface area contributed by atoms with Gasteiger partial charge in [-0.3, -0.25) is 0 Å². The Kier molecular flexibility index (Phi) is 3.61. The smallest absolute Gasteiger partial charge is 0.0489 e. The van der Waals surface area contributed by atoms with Crippen LogP contribution in [0.25, 0.3) is 0 Å². The zero-order valence-electron chi connectivity index (χ0n) is 11.1. The van der Waals surface area contributed by atoms with Crippen LogP contribution in [0.2, 0.25) is 0 Å². The maximum absolute atomic E-state index is 3.60. The summed E-state index contributed by atoms with van der Waals surface area (Å²) in [5, 5.41) is 3.55. The van der Waals surface area contributed by atoms with Crippen molar-refractivity contribution in [1.29, 1.82) is 0 Å². The van der Waals surface area contributed by atoms with Crippen LogP contribution >= 0.6 is 15.9 Å². The molecule has 0 aromatic heterocycles. The first kappa shape index (κ1) is 12.7. The fraction of sp³-hybridized carbons (Fsp3) is 0.294. The average molecular weight is 316 g/mol. The summed E-state index contributed by atoms with van der Waals surface area (Å²) in [6.45, 7) is 3.02. The highest BCUT2D eigenvalue weighted by Crippen LogP contribution is 2.41. The largest absolute Gasteiger partial charge is 0.380 e. The summed E-state index contributed by atoms with van der Waals surface area (Å²) < 4.78 is 1.13. The monoisotopic (exact) mass is 315 g/mol. The van der Waals surface area contributed by atoms with Crippen LogP contribution in [0.1, 0.15) is 35.4 Å². The molecule has 0 amide bonds. The first-order valence-corrected chi connectivity index (χ1v) is 7.61. The molecule has 0 atom stereocenters. The third-order valence-corrected chi connectivity index (χ3v) is 4.35. The molecular weight excluding hydrogens is 298 g/mol. The van der Waals surface area contributed by atoms with Gasteiger partial charge >= 0.3 is 0 Å². The van der Waals surface area contributed by atoms with Gasteiger partial charge in [0.1, 0.15) is 0 Å². The molecule has 0 saturated heterocycles. The van der Waals surface area contributed by atoms with E-state index in [4.69, 9.17) is 0 Å². The van der Waals surface area contributed by atoms with E-state index in [0.717, 1.165) is 16.9 Å². The molecule has 1 nitrogen and oxygen atoms in total. The van der Waals surface area contributed by atoms with Crippen molar-refractivity contribution in [3.8, 4) is 0 Å². The molecule has 19 heavy (non-hydrogen) atoms. The summed E-state index contributed by atoms with van der Waals surface area (Å²) in [5.41, 5.74) is 5.41. The first-order valence-electron chi connectivity index (χ1n) is 6.82. The number of rotatable bonds is 4. The minimum absolute atomic E-state index is 0.805. The van der Waals surface area contributed by atoms with Crippen molar-refractivity contribution in [3.05, 3.63) is 63.6 Å².